The molecule has 0 bridgehead atoms. The summed E-state index contributed by atoms with van der Waals surface area (Å²) in [7, 11) is 0. The molecule has 1 heterocycles. The Morgan fingerprint density at radius 1 is 1.10 bits per heavy atom. The molecule has 0 radical (unpaired) electrons. The predicted octanol–water partition coefficient (Wildman–Crippen LogP) is 3.95. The van der Waals surface area contributed by atoms with Crippen LogP contribution in [0.25, 0.3) is 11.1 Å². The molecule has 0 saturated heterocycles. The molecule has 0 aliphatic carbocycles. The summed E-state index contributed by atoms with van der Waals surface area (Å²) >= 11 is 0. The average Bonchev–Trinajstić information content (AvgIpc) is 2.94. The summed E-state index contributed by atoms with van der Waals surface area (Å²) in [6, 6.07) is 13.3. The van der Waals surface area contributed by atoms with Crippen LogP contribution in [0, 0.1) is 5.92 Å². The highest BCUT2D eigenvalue weighted by Crippen LogP contribution is 2.34. The van der Waals surface area contributed by atoms with Crippen LogP contribution in [0.15, 0.2) is 36.4 Å². The maximum atomic E-state index is 5.87. The number of nitrogens with two attached hydrogens (primary N) is 1. The molecule has 0 unspecified atom stereocenters. The molecule has 1 aliphatic heterocycles. The summed E-state index contributed by atoms with van der Waals surface area (Å²) in [6.07, 6.45) is 2.12. The second-order valence-corrected chi connectivity index (χ2v) is 6.22. The van der Waals surface area contributed by atoms with Crippen molar-refractivity contribution in [2.75, 3.05) is 6.61 Å². The van der Waals surface area contributed by atoms with Crippen molar-refractivity contribution in [3.05, 3.63) is 53.1 Å². The summed E-state index contributed by atoms with van der Waals surface area (Å²) in [5, 5.41) is 0. The molecular weight excluding hydrogens is 258 g/mol. The van der Waals surface area contributed by atoms with Gasteiger partial charge in [-0.3, -0.25) is 0 Å². The lowest BCUT2D eigenvalue weighted by molar-refractivity contribution is 0.353. The van der Waals surface area contributed by atoms with Crippen LogP contribution in [0.3, 0.4) is 0 Å². The smallest absolute Gasteiger partial charge is 0.127 e. The number of hydrogen-bond donors (Lipinski definition) is 1. The summed E-state index contributed by atoms with van der Waals surface area (Å²) in [4.78, 5) is 0. The van der Waals surface area contributed by atoms with Gasteiger partial charge in [0.25, 0.3) is 0 Å². The first-order chi connectivity index (χ1) is 10.2. The van der Waals surface area contributed by atoms with Crippen LogP contribution in [0.1, 0.15) is 30.5 Å². The van der Waals surface area contributed by atoms with Crippen LogP contribution < -0.4 is 10.5 Å². The minimum Gasteiger partial charge on any atom is -0.493 e. The van der Waals surface area contributed by atoms with Crippen molar-refractivity contribution < 1.29 is 4.74 Å². The molecule has 0 atom stereocenters. The highest BCUT2D eigenvalue weighted by molar-refractivity contribution is 5.68. The Kier molecular flexibility index (Phi) is 3.98. The third kappa shape index (κ3) is 2.96. The lowest BCUT2D eigenvalue weighted by Crippen LogP contribution is -2.00. The van der Waals surface area contributed by atoms with E-state index in [-0.39, 0.29) is 0 Å². The molecule has 2 aromatic carbocycles. The van der Waals surface area contributed by atoms with E-state index in [4.69, 9.17) is 10.5 Å². The van der Waals surface area contributed by atoms with Crippen LogP contribution in [0.5, 0.6) is 5.75 Å². The number of rotatable bonds is 4. The van der Waals surface area contributed by atoms with Gasteiger partial charge < -0.3 is 10.5 Å². The maximum absolute atomic E-state index is 5.87. The van der Waals surface area contributed by atoms with E-state index in [1.54, 1.807) is 0 Å². The van der Waals surface area contributed by atoms with E-state index >= 15 is 0 Å². The fourth-order valence-corrected chi connectivity index (χ4v) is 3.01. The third-order valence-electron chi connectivity index (χ3n) is 4.01. The van der Waals surface area contributed by atoms with Crippen molar-refractivity contribution in [1.29, 1.82) is 0 Å². The van der Waals surface area contributed by atoms with Gasteiger partial charge in [-0.1, -0.05) is 38.1 Å². The van der Waals surface area contributed by atoms with Gasteiger partial charge in [0.05, 0.1) is 6.61 Å². The Morgan fingerprint density at radius 2 is 1.86 bits per heavy atom. The van der Waals surface area contributed by atoms with Crippen molar-refractivity contribution in [3.8, 4) is 16.9 Å². The van der Waals surface area contributed by atoms with E-state index in [1.165, 1.54) is 22.3 Å². The minimum atomic E-state index is 0.529. The first-order valence-electron chi connectivity index (χ1n) is 7.75. The van der Waals surface area contributed by atoms with Crippen molar-refractivity contribution >= 4 is 0 Å². The van der Waals surface area contributed by atoms with Crippen molar-refractivity contribution in [3.63, 3.8) is 0 Å². The summed E-state index contributed by atoms with van der Waals surface area (Å²) in [6.45, 7) is 5.81. The van der Waals surface area contributed by atoms with Crippen molar-refractivity contribution in [2.24, 2.45) is 11.7 Å². The molecule has 21 heavy (non-hydrogen) atoms. The van der Waals surface area contributed by atoms with Crippen LogP contribution in [0.4, 0.5) is 0 Å². The number of fused-ring (bicyclic) bond motifs is 1. The molecule has 2 N–H and O–H groups in total. The van der Waals surface area contributed by atoms with E-state index in [2.05, 4.69) is 50.2 Å². The van der Waals surface area contributed by atoms with Gasteiger partial charge in [-0.25, -0.2) is 0 Å². The van der Waals surface area contributed by atoms with Gasteiger partial charge in [-0.15, -0.1) is 0 Å². The zero-order valence-electron chi connectivity index (χ0n) is 12.9. The highest BCUT2D eigenvalue weighted by Gasteiger charge is 2.17. The molecular formula is C19H23NO. The molecule has 1 aliphatic rings. The van der Waals surface area contributed by atoms with E-state index in [9.17, 15) is 0 Å². The quantitative estimate of drug-likeness (QED) is 0.921. The van der Waals surface area contributed by atoms with E-state index in [0.717, 1.165) is 30.8 Å². The minimum absolute atomic E-state index is 0.529. The molecule has 110 valence electrons. The standard InChI is InChI=1S/C19H23NO/c1-13(2)9-14-3-5-15(6-4-14)17-10-16-7-8-21-19(16)18(11-17)12-20/h3-6,10-11,13H,7-9,12,20H2,1-2H3. The molecule has 2 heteroatoms. The maximum Gasteiger partial charge on any atom is 0.127 e. The molecule has 2 aromatic rings. The molecule has 0 spiro atoms. The Hall–Kier alpha value is -1.80. The largest absolute Gasteiger partial charge is 0.493 e. The first kappa shape index (κ1) is 14.2. The van der Waals surface area contributed by atoms with Crippen molar-refractivity contribution in [1.82, 2.24) is 0 Å². The number of hydrogen-bond acceptors (Lipinski definition) is 2. The first-order valence-corrected chi connectivity index (χ1v) is 7.75. The summed E-state index contributed by atoms with van der Waals surface area (Å²) in [5.74, 6) is 1.70. The fourth-order valence-electron chi connectivity index (χ4n) is 3.01. The van der Waals surface area contributed by atoms with Crippen LogP contribution in [-0.4, -0.2) is 6.61 Å². The number of benzene rings is 2. The van der Waals surface area contributed by atoms with Gasteiger partial charge in [0, 0.05) is 18.5 Å². The monoisotopic (exact) mass is 281 g/mol. The van der Waals surface area contributed by atoms with E-state index in [1.807, 2.05) is 0 Å². The average molecular weight is 281 g/mol. The van der Waals surface area contributed by atoms with Gasteiger partial charge in [-0.05, 0) is 46.7 Å². The van der Waals surface area contributed by atoms with Gasteiger partial charge >= 0.3 is 0 Å². The second-order valence-electron chi connectivity index (χ2n) is 6.22. The topological polar surface area (TPSA) is 35.2 Å². The summed E-state index contributed by atoms with van der Waals surface area (Å²) < 4.78 is 5.69. The third-order valence-corrected chi connectivity index (χ3v) is 4.01. The highest BCUT2D eigenvalue weighted by atomic mass is 16.5. The van der Waals surface area contributed by atoms with Crippen molar-refractivity contribution in [2.45, 2.75) is 33.2 Å². The van der Waals surface area contributed by atoms with Crippen LogP contribution in [-0.2, 0) is 19.4 Å². The fraction of sp³-hybridized carbons (Fsp3) is 0.368. The molecule has 0 amide bonds. The SMILES string of the molecule is CC(C)Cc1ccc(-c2cc(CN)c3c(c2)CCO3)cc1. The zero-order chi connectivity index (χ0) is 14.8. The predicted molar refractivity (Wildman–Crippen MR) is 87.5 cm³/mol. The second kappa shape index (κ2) is 5.90. The Balaban J connectivity index is 1.93. The number of ether oxygens (including phenoxy) is 1. The lowest BCUT2D eigenvalue weighted by atomic mass is 9.96. The van der Waals surface area contributed by atoms with Gasteiger partial charge in [-0.2, -0.15) is 0 Å². The summed E-state index contributed by atoms with van der Waals surface area (Å²) in [5.41, 5.74) is 12.2. The Morgan fingerprint density at radius 3 is 2.52 bits per heavy atom. The normalized spacial score (nSPS) is 13.3. The van der Waals surface area contributed by atoms with Gasteiger partial charge in [0.15, 0.2) is 0 Å². The van der Waals surface area contributed by atoms with Crippen LogP contribution in [0.2, 0.25) is 0 Å². The van der Waals surface area contributed by atoms with E-state index < -0.39 is 0 Å². The molecule has 2 nitrogen and oxygen atoms in total. The van der Waals surface area contributed by atoms with Gasteiger partial charge in [0.1, 0.15) is 5.75 Å². The zero-order valence-corrected chi connectivity index (χ0v) is 12.9. The van der Waals surface area contributed by atoms with Crippen LogP contribution >= 0.6 is 0 Å². The Bertz CT molecular complexity index is 629. The Labute approximate surface area is 126 Å². The molecule has 0 saturated carbocycles. The molecule has 0 fully saturated rings. The lowest BCUT2D eigenvalue weighted by Gasteiger charge is -2.11. The molecule has 3 rings (SSSR count). The van der Waals surface area contributed by atoms with Gasteiger partial charge in [0.2, 0.25) is 0 Å². The van der Waals surface area contributed by atoms with E-state index in [0.29, 0.717) is 12.5 Å². The molecule has 0 aromatic heterocycles.